The number of nitrogens with one attached hydrogen (secondary N) is 1. The molecule has 1 aliphatic heterocycles. The van der Waals surface area contributed by atoms with Crippen molar-refractivity contribution in [3.8, 4) is 0 Å². The lowest BCUT2D eigenvalue weighted by Crippen LogP contribution is -2.23. The molecule has 0 fully saturated rings. The summed E-state index contributed by atoms with van der Waals surface area (Å²) >= 11 is 0. The first-order chi connectivity index (χ1) is 10.8. The second-order valence-electron chi connectivity index (χ2n) is 5.00. The number of carbonyl (C=O) groups excluding carboxylic acids is 2. The van der Waals surface area contributed by atoms with Crippen molar-refractivity contribution in [1.82, 2.24) is 9.99 Å². The van der Waals surface area contributed by atoms with Crippen LogP contribution in [0.1, 0.15) is 26.3 Å². The summed E-state index contributed by atoms with van der Waals surface area (Å²) in [5, 5.41) is 5.98. The average Bonchev–Trinajstić information content (AvgIpc) is 3.07. The molecule has 0 aliphatic carbocycles. The first kappa shape index (κ1) is 12.5. The normalized spacial score (nSPS) is 14.3. The number of amides is 2. The van der Waals surface area contributed by atoms with E-state index >= 15 is 0 Å². The lowest BCUT2D eigenvalue weighted by molar-refractivity contribution is 0.0660. The topological polar surface area (TPSA) is 65.5 Å². The van der Waals surface area contributed by atoms with Gasteiger partial charge in [0.2, 0.25) is 0 Å². The van der Waals surface area contributed by atoms with E-state index in [1.807, 2.05) is 24.3 Å². The molecule has 1 N–H and O–H groups in total. The van der Waals surface area contributed by atoms with Crippen molar-refractivity contribution in [3.05, 3.63) is 71.4 Å². The van der Waals surface area contributed by atoms with E-state index in [1.54, 1.807) is 30.5 Å². The van der Waals surface area contributed by atoms with Gasteiger partial charge in [-0.1, -0.05) is 30.3 Å². The summed E-state index contributed by atoms with van der Waals surface area (Å²) in [7, 11) is 0. The minimum Gasteiger partial charge on any atom is -0.361 e. The number of aromatic nitrogens is 1. The average molecular weight is 289 g/mol. The molecule has 0 spiro atoms. The van der Waals surface area contributed by atoms with Crippen molar-refractivity contribution in [2.24, 2.45) is 5.10 Å². The van der Waals surface area contributed by atoms with Crippen LogP contribution in [0.3, 0.4) is 0 Å². The van der Waals surface area contributed by atoms with Crippen LogP contribution in [0.4, 0.5) is 0 Å². The van der Waals surface area contributed by atoms with E-state index < -0.39 is 11.8 Å². The molecule has 22 heavy (non-hydrogen) atoms. The third-order valence-corrected chi connectivity index (χ3v) is 3.71. The minimum absolute atomic E-state index is 0.392. The SMILES string of the molecule is O=C1c2ccccc2C(=O)N1/N=C/c1c[nH]c2ccccc12. The number of fused-ring (bicyclic) bond motifs is 2. The van der Waals surface area contributed by atoms with Gasteiger partial charge in [0, 0.05) is 22.7 Å². The fraction of sp³-hybridized carbons (Fsp3) is 0. The minimum atomic E-state index is -0.392. The number of imide groups is 1. The van der Waals surface area contributed by atoms with Crippen molar-refractivity contribution < 1.29 is 9.59 Å². The molecule has 3 aromatic rings. The first-order valence-electron chi connectivity index (χ1n) is 6.83. The predicted octanol–water partition coefficient (Wildman–Crippen LogP) is 2.80. The van der Waals surface area contributed by atoms with Gasteiger partial charge in [-0.25, -0.2) is 0 Å². The Hall–Kier alpha value is -3.21. The zero-order valence-corrected chi connectivity index (χ0v) is 11.5. The van der Waals surface area contributed by atoms with Crippen LogP contribution >= 0.6 is 0 Å². The largest absolute Gasteiger partial charge is 0.361 e. The van der Waals surface area contributed by atoms with Gasteiger partial charge in [-0.15, -0.1) is 0 Å². The molecule has 0 radical (unpaired) electrons. The molecule has 5 heteroatoms. The molecule has 0 bridgehead atoms. The summed E-state index contributed by atoms with van der Waals surface area (Å²) in [5.74, 6) is -0.784. The highest BCUT2D eigenvalue weighted by molar-refractivity contribution is 6.21. The van der Waals surface area contributed by atoms with Crippen LogP contribution in [-0.4, -0.2) is 28.0 Å². The Morgan fingerprint density at radius 2 is 1.55 bits per heavy atom. The van der Waals surface area contributed by atoms with Crippen LogP contribution in [0.2, 0.25) is 0 Å². The molecule has 1 aromatic heterocycles. The maximum absolute atomic E-state index is 12.2. The number of benzene rings is 2. The van der Waals surface area contributed by atoms with E-state index in [0.29, 0.717) is 11.1 Å². The Kier molecular flexibility index (Phi) is 2.66. The highest BCUT2D eigenvalue weighted by atomic mass is 16.2. The van der Waals surface area contributed by atoms with Gasteiger partial charge in [-0.3, -0.25) is 9.59 Å². The molecule has 0 unspecified atom stereocenters. The number of rotatable bonds is 2. The second kappa shape index (κ2) is 4.66. The maximum Gasteiger partial charge on any atom is 0.282 e. The Labute approximate surface area is 125 Å². The third kappa shape index (κ3) is 1.76. The smallest absolute Gasteiger partial charge is 0.282 e. The Morgan fingerprint density at radius 1 is 0.909 bits per heavy atom. The molecule has 106 valence electrons. The van der Waals surface area contributed by atoms with Gasteiger partial charge in [0.15, 0.2) is 0 Å². The number of nitrogens with zero attached hydrogens (tertiary/aromatic N) is 2. The van der Waals surface area contributed by atoms with Crippen molar-refractivity contribution in [1.29, 1.82) is 0 Å². The summed E-state index contributed by atoms with van der Waals surface area (Å²) in [6.07, 6.45) is 3.33. The molecule has 0 atom stereocenters. The zero-order valence-electron chi connectivity index (χ0n) is 11.5. The van der Waals surface area contributed by atoms with Gasteiger partial charge in [0.25, 0.3) is 11.8 Å². The molecular formula is C17H11N3O2. The monoisotopic (exact) mass is 289 g/mol. The van der Waals surface area contributed by atoms with Gasteiger partial charge in [0.1, 0.15) is 0 Å². The number of para-hydroxylation sites is 1. The predicted molar refractivity (Wildman–Crippen MR) is 82.8 cm³/mol. The highest BCUT2D eigenvalue weighted by Crippen LogP contribution is 2.23. The summed E-state index contributed by atoms with van der Waals surface area (Å²) in [6, 6.07) is 14.5. The zero-order chi connectivity index (χ0) is 15.1. The lowest BCUT2D eigenvalue weighted by Gasteiger charge is -2.04. The Balaban J connectivity index is 1.70. The van der Waals surface area contributed by atoms with Gasteiger partial charge >= 0.3 is 0 Å². The van der Waals surface area contributed by atoms with Gasteiger partial charge in [0.05, 0.1) is 17.3 Å². The molecule has 0 saturated carbocycles. The van der Waals surface area contributed by atoms with Gasteiger partial charge < -0.3 is 4.98 Å². The van der Waals surface area contributed by atoms with Crippen LogP contribution in [0.5, 0.6) is 0 Å². The summed E-state index contributed by atoms with van der Waals surface area (Å²) in [6.45, 7) is 0. The lowest BCUT2D eigenvalue weighted by atomic mass is 10.1. The van der Waals surface area contributed by atoms with Crippen LogP contribution in [-0.2, 0) is 0 Å². The Morgan fingerprint density at radius 3 is 2.27 bits per heavy atom. The number of H-pyrrole nitrogens is 1. The number of hydrogen-bond acceptors (Lipinski definition) is 3. The van der Waals surface area contributed by atoms with E-state index in [0.717, 1.165) is 21.5 Å². The molecule has 2 amide bonds. The second-order valence-corrected chi connectivity index (χ2v) is 5.00. The number of hydrazone groups is 1. The first-order valence-corrected chi connectivity index (χ1v) is 6.83. The van der Waals surface area contributed by atoms with Crippen LogP contribution in [0.15, 0.2) is 59.8 Å². The standard InChI is InChI=1S/C17H11N3O2/c21-16-13-6-1-2-7-14(13)17(22)20(16)19-10-11-9-18-15-8-4-3-5-12(11)15/h1-10,18H/b19-10+. The van der Waals surface area contributed by atoms with Crippen LogP contribution < -0.4 is 0 Å². The fourth-order valence-electron chi connectivity index (χ4n) is 2.60. The molecule has 2 heterocycles. The van der Waals surface area contributed by atoms with Crippen molar-refractivity contribution in [2.45, 2.75) is 0 Å². The molecule has 4 rings (SSSR count). The van der Waals surface area contributed by atoms with E-state index in [4.69, 9.17) is 0 Å². The highest BCUT2D eigenvalue weighted by Gasteiger charge is 2.35. The van der Waals surface area contributed by atoms with Crippen molar-refractivity contribution >= 4 is 28.9 Å². The van der Waals surface area contributed by atoms with Gasteiger partial charge in [-0.2, -0.15) is 10.1 Å². The van der Waals surface area contributed by atoms with Gasteiger partial charge in [-0.05, 0) is 18.2 Å². The van der Waals surface area contributed by atoms with Crippen molar-refractivity contribution in [3.63, 3.8) is 0 Å². The number of carbonyl (C=O) groups is 2. The quantitative estimate of drug-likeness (QED) is 0.582. The van der Waals surface area contributed by atoms with E-state index in [-0.39, 0.29) is 0 Å². The summed E-state index contributed by atoms with van der Waals surface area (Å²) < 4.78 is 0. The fourth-order valence-corrected chi connectivity index (χ4v) is 2.60. The van der Waals surface area contributed by atoms with Crippen LogP contribution in [0.25, 0.3) is 10.9 Å². The molecule has 2 aromatic carbocycles. The molecule has 0 saturated heterocycles. The van der Waals surface area contributed by atoms with Crippen LogP contribution in [0, 0.1) is 0 Å². The third-order valence-electron chi connectivity index (χ3n) is 3.71. The molecular weight excluding hydrogens is 278 g/mol. The maximum atomic E-state index is 12.2. The van der Waals surface area contributed by atoms with E-state index in [2.05, 4.69) is 10.1 Å². The van der Waals surface area contributed by atoms with E-state index in [1.165, 1.54) is 6.21 Å². The number of hydrogen-bond donors (Lipinski definition) is 1. The summed E-state index contributed by atoms with van der Waals surface area (Å²) in [4.78, 5) is 27.6. The summed E-state index contributed by atoms with van der Waals surface area (Å²) in [5.41, 5.74) is 2.59. The molecule has 5 nitrogen and oxygen atoms in total. The van der Waals surface area contributed by atoms with Crippen molar-refractivity contribution in [2.75, 3.05) is 0 Å². The molecule has 1 aliphatic rings. The Bertz CT molecular complexity index is 905. The number of aromatic amines is 1. The van der Waals surface area contributed by atoms with E-state index in [9.17, 15) is 9.59 Å².